The van der Waals surface area contributed by atoms with Gasteiger partial charge >= 0.3 is 11.9 Å². The first-order chi connectivity index (χ1) is 52.3. The molecule has 0 spiro atoms. The Labute approximate surface area is 647 Å². The number of guanidine groups is 1. The van der Waals surface area contributed by atoms with Gasteiger partial charge in [-0.05, 0) is 115 Å². The monoisotopic (exact) mass is 1590 g/mol. The number of rotatable bonds is 54. The van der Waals surface area contributed by atoms with Gasteiger partial charge < -0.3 is 123 Å². The minimum Gasteiger partial charge on any atom is -0.481 e. The molecular formula is C68H115N23O19S. The average molecular weight is 1590 g/mol. The molecule has 43 heteroatoms. The lowest BCUT2D eigenvalue weighted by Crippen LogP contribution is -2.62. The number of carbonyl (C=O) groups is 16. The molecule has 2 aromatic rings. The van der Waals surface area contributed by atoms with Crippen LogP contribution in [0.15, 0.2) is 30.0 Å². The molecule has 0 saturated carbocycles. The number of hydrogen-bond acceptors (Lipinski definition) is 23. The maximum Gasteiger partial charge on any atom is 0.326 e. The number of carbonyl (C=O) groups excluding carboxylic acids is 14. The minimum atomic E-state index is -1.75. The molecule has 0 aliphatic heterocycles. The van der Waals surface area contributed by atoms with E-state index < -0.39 is 223 Å². The smallest absolute Gasteiger partial charge is 0.326 e. The number of carboxylic acids is 2. The van der Waals surface area contributed by atoms with E-state index in [2.05, 4.69) is 94.0 Å². The van der Waals surface area contributed by atoms with Crippen molar-refractivity contribution in [3.05, 3.63) is 36.4 Å². The summed E-state index contributed by atoms with van der Waals surface area (Å²) < 4.78 is 0. The van der Waals surface area contributed by atoms with Gasteiger partial charge in [0.2, 0.25) is 82.7 Å². The van der Waals surface area contributed by atoms with Crippen molar-refractivity contribution in [2.75, 3.05) is 31.7 Å². The molecule has 0 aliphatic rings. The summed E-state index contributed by atoms with van der Waals surface area (Å²) in [6, 6.07) is -20.3. The van der Waals surface area contributed by atoms with Crippen molar-refractivity contribution < 1.29 is 92.0 Å². The highest BCUT2D eigenvalue weighted by Gasteiger charge is 2.39. The number of unbranched alkanes of at least 4 members (excludes halogenated alkanes) is 1. The summed E-state index contributed by atoms with van der Waals surface area (Å²) in [5, 5.41) is 62.3. The predicted molar refractivity (Wildman–Crippen MR) is 404 cm³/mol. The van der Waals surface area contributed by atoms with Gasteiger partial charge in [-0.3, -0.25) is 76.9 Å². The quantitative estimate of drug-likeness (QED) is 0.0166. The Bertz CT molecular complexity index is 3430. The van der Waals surface area contributed by atoms with E-state index in [4.69, 9.17) is 28.7 Å². The number of hydrogen-bond donors (Lipinski definition) is 23. The molecule has 0 bridgehead atoms. The molecule has 15 atom stereocenters. The summed E-state index contributed by atoms with van der Waals surface area (Å²) in [6.07, 6.45) is 5.22. The van der Waals surface area contributed by atoms with Crippen LogP contribution in [0.25, 0.3) is 0 Å². The first-order valence-electron chi connectivity index (χ1n) is 36.5. The predicted octanol–water partition coefficient (Wildman–Crippen LogP) is -6.50. The van der Waals surface area contributed by atoms with Crippen LogP contribution in [-0.4, -0.2) is 252 Å². The van der Waals surface area contributed by atoms with Crippen LogP contribution in [0.5, 0.6) is 0 Å². The minimum absolute atomic E-state index is 0.0110. The molecule has 14 amide bonds. The molecular weight excluding hydrogens is 1470 g/mol. The van der Waals surface area contributed by atoms with Crippen LogP contribution in [0.4, 0.5) is 0 Å². The molecule has 0 saturated heterocycles. The highest BCUT2D eigenvalue weighted by atomic mass is 32.2. The molecule has 0 unspecified atom stereocenters. The third-order valence-electron chi connectivity index (χ3n) is 17.3. The van der Waals surface area contributed by atoms with E-state index in [-0.39, 0.29) is 82.1 Å². The number of aliphatic hydroxyl groups is 1. The largest absolute Gasteiger partial charge is 0.481 e. The Kier molecular flexibility index (Phi) is 43.7. The molecule has 2 aromatic heterocycles. The number of primary amides is 1. The summed E-state index contributed by atoms with van der Waals surface area (Å²) in [6.45, 7) is 12.9. The number of H-pyrrole nitrogens is 2. The van der Waals surface area contributed by atoms with E-state index >= 15 is 0 Å². The van der Waals surface area contributed by atoms with Crippen molar-refractivity contribution in [2.45, 2.75) is 237 Å². The fraction of sp³-hybridized carbons (Fsp3) is 0.662. The number of imidazole rings is 2. The van der Waals surface area contributed by atoms with Crippen molar-refractivity contribution in [1.29, 1.82) is 0 Å². The highest BCUT2D eigenvalue weighted by Crippen LogP contribution is 2.15. The van der Waals surface area contributed by atoms with Crippen LogP contribution >= 0.6 is 11.8 Å². The topological polar surface area (TPSA) is 690 Å². The lowest BCUT2D eigenvalue weighted by atomic mass is 9.96. The third kappa shape index (κ3) is 36.2. The van der Waals surface area contributed by atoms with E-state index in [1.807, 2.05) is 0 Å². The number of aromatic amines is 2. The molecule has 0 radical (unpaired) electrons. The molecule has 0 aromatic carbocycles. The van der Waals surface area contributed by atoms with Gasteiger partial charge in [0.1, 0.15) is 78.5 Å². The lowest BCUT2D eigenvalue weighted by Gasteiger charge is -2.30. The SMILES string of the molecule is CC[C@H](C)[C@H](NC(=O)[C@H](CCC(=O)O)NC(=O)[C@H](CO)NC(=O)[C@@H](NC(=O)[C@H](C)N)C(C)C)C(=O)N[C@@H](CCC(N)=O)C(=O)N[C@@H](CC(C)C)C(=O)N[C@@H](CCSC)C(=O)N[C@@H](Cc1cnc[nH]1)C(=O)N[C@@H](C)C(=O)N[C@@H](CCCN=C(N)N)C(=O)N[C@@H](C)C(=O)N[C@@H](CCCCN)C(=O)N[C@@H](Cc1cnc[nH]1)C(=O)O. The first kappa shape index (κ1) is 96.5. The maximum atomic E-state index is 14.6. The fourth-order valence-corrected chi connectivity index (χ4v) is 11.2. The van der Waals surface area contributed by atoms with Crippen molar-refractivity contribution in [2.24, 2.45) is 51.4 Å². The number of amides is 14. The second kappa shape index (κ2) is 50.3. The zero-order valence-corrected chi connectivity index (χ0v) is 65.2. The number of nitrogens with one attached hydrogen (secondary N) is 15. The van der Waals surface area contributed by atoms with Crippen molar-refractivity contribution >= 4 is 112 Å². The van der Waals surface area contributed by atoms with E-state index in [1.54, 1.807) is 47.8 Å². The zero-order valence-electron chi connectivity index (χ0n) is 64.4. The van der Waals surface area contributed by atoms with Gasteiger partial charge in [-0.25, -0.2) is 14.8 Å². The van der Waals surface area contributed by atoms with Crippen LogP contribution in [0.1, 0.15) is 151 Å². The average Bonchev–Trinajstić information content (AvgIpc) is 1.46. The molecule has 28 N–H and O–H groups in total. The number of aliphatic hydroxyl groups excluding tert-OH is 1. The van der Waals surface area contributed by atoms with Crippen LogP contribution in [0, 0.1) is 17.8 Å². The molecule has 2 rings (SSSR count). The number of aliphatic imine (C=N–C) groups is 1. The summed E-state index contributed by atoms with van der Waals surface area (Å²) in [5.41, 5.74) is 28.6. The van der Waals surface area contributed by atoms with Crippen molar-refractivity contribution in [3.8, 4) is 0 Å². The lowest BCUT2D eigenvalue weighted by molar-refractivity contribution is -0.142. The van der Waals surface area contributed by atoms with E-state index in [0.29, 0.717) is 24.2 Å². The fourth-order valence-electron chi connectivity index (χ4n) is 10.7. The number of thioether (sulfide) groups is 1. The molecule has 42 nitrogen and oxygen atoms in total. The number of carboxylic acid groups (broad SMARTS) is 2. The van der Waals surface area contributed by atoms with Crippen LogP contribution in [0.2, 0.25) is 0 Å². The van der Waals surface area contributed by atoms with Gasteiger partial charge in [0.25, 0.3) is 0 Å². The summed E-state index contributed by atoms with van der Waals surface area (Å²) in [5.74, 6) is -17.6. The van der Waals surface area contributed by atoms with Crippen LogP contribution in [-0.2, 0) is 89.6 Å². The van der Waals surface area contributed by atoms with E-state index in [1.165, 1.54) is 57.6 Å². The van der Waals surface area contributed by atoms with Crippen molar-refractivity contribution in [3.63, 3.8) is 0 Å². The van der Waals surface area contributed by atoms with Gasteiger partial charge in [-0.15, -0.1) is 0 Å². The summed E-state index contributed by atoms with van der Waals surface area (Å²) in [4.78, 5) is 235. The Morgan fingerprint density at radius 1 is 0.477 bits per heavy atom. The second-order valence-corrected chi connectivity index (χ2v) is 28.6. The molecule has 622 valence electrons. The normalized spacial score (nSPS) is 15.2. The van der Waals surface area contributed by atoms with Crippen LogP contribution in [0.3, 0.4) is 0 Å². The highest BCUT2D eigenvalue weighted by molar-refractivity contribution is 7.98. The molecule has 2 heterocycles. The van der Waals surface area contributed by atoms with Gasteiger partial charge in [0.15, 0.2) is 5.96 Å². The third-order valence-corrected chi connectivity index (χ3v) is 18.0. The Morgan fingerprint density at radius 3 is 1.33 bits per heavy atom. The molecule has 0 fully saturated rings. The van der Waals surface area contributed by atoms with E-state index in [9.17, 15) is 92.0 Å². The number of nitrogens with two attached hydrogens (primary N) is 5. The first-order valence-corrected chi connectivity index (χ1v) is 37.9. The summed E-state index contributed by atoms with van der Waals surface area (Å²) in [7, 11) is 0. The number of aliphatic carboxylic acids is 2. The van der Waals surface area contributed by atoms with Crippen LogP contribution < -0.4 is 97.8 Å². The van der Waals surface area contributed by atoms with Gasteiger partial charge in [0, 0.05) is 56.0 Å². The van der Waals surface area contributed by atoms with Gasteiger partial charge in [-0.1, -0.05) is 48.0 Å². The maximum absolute atomic E-state index is 14.6. The number of nitrogens with zero attached hydrogens (tertiary/aromatic N) is 3. The molecule has 0 aliphatic carbocycles. The Morgan fingerprint density at radius 2 is 0.883 bits per heavy atom. The molecule has 111 heavy (non-hydrogen) atoms. The standard InChI is InChI=1S/C68H115N23O19S/c1-11-35(6)53(91-61(103)44(18-20-51(94)95)83-64(106)49(30-92)89-65(107)52(34(4)5)90-54(96)36(7)70)66(108)85-43(17-19-50(71)93)59(101)86-46(25-33(2)3)63(105)84-45(21-24-111-10)60(102)87-47(26-39-28-74-31-77-39)62(104)80-38(9)56(98)82-42(16-14-23-76-68(72)73)57(99)79-37(8)55(97)81-41(15-12-13-22-69)58(100)88-48(67(109)110)27-40-29-75-32-78-40/h28-29,31-38,41-49,52-53,92H,11-27,30,69-70H2,1-10H3,(H2,71,93)(H,74,77)(H,75,78)(H,79,99)(H,80,104)(H,81,97)(H,82,98)(H,83,106)(H,84,105)(H,85,108)(H,86,101)(H,87,102)(H,88,100)(H,89,107)(H,90,96)(H,91,103)(H,94,95)(H,109,110)(H4,72,73,76)/t35-,36-,37-,38-,41-,42-,43-,44-,45-,46-,47-,48-,49-,52-,53-/m0/s1. The van der Waals surface area contributed by atoms with E-state index in [0.717, 1.165) is 0 Å². The second-order valence-electron chi connectivity index (χ2n) is 27.6. The Balaban J connectivity index is 2.46. The van der Waals surface area contributed by atoms with Crippen molar-refractivity contribution in [1.82, 2.24) is 89.1 Å². The van der Waals surface area contributed by atoms with Gasteiger partial charge in [0.05, 0.1) is 25.3 Å². The zero-order chi connectivity index (χ0) is 83.8. The summed E-state index contributed by atoms with van der Waals surface area (Å²) >= 11 is 1.29. The Hall–Kier alpha value is -10.6. The number of aromatic nitrogens is 4. The van der Waals surface area contributed by atoms with Gasteiger partial charge in [-0.2, -0.15) is 11.8 Å².